The molecule has 88 valence electrons. The van der Waals surface area contributed by atoms with Gasteiger partial charge in [-0.15, -0.1) is 0 Å². The summed E-state index contributed by atoms with van der Waals surface area (Å²) in [6, 6.07) is 10.0. The molecule has 0 saturated carbocycles. The lowest BCUT2D eigenvalue weighted by Crippen LogP contribution is -1.86. The van der Waals surface area contributed by atoms with Gasteiger partial charge in [-0.05, 0) is 36.8 Å². The number of phenolic OH excluding ortho intramolecular Hbond substituents is 1. The Kier molecular flexibility index (Phi) is 3.46. The third-order valence-electron chi connectivity index (χ3n) is 2.23. The van der Waals surface area contributed by atoms with E-state index in [1.165, 1.54) is 12.1 Å². The van der Waals surface area contributed by atoms with Crippen molar-refractivity contribution in [1.29, 1.82) is 0 Å². The van der Waals surface area contributed by atoms with Gasteiger partial charge in [-0.25, -0.2) is 0 Å². The van der Waals surface area contributed by atoms with Gasteiger partial charge in [0.1, 0.15) is 5.75 Å². The molecule has 0 aliphatic carbocycles. The molecule has 0 spiro atoms. The van der Waals surface area contributed by atoms with Crippen LogP contribution < -0.4 is 4.74 Å². The van der Waals surface area contributed by atoms with E-state index in [-0.39, 0.29) is 11.5 Å². The van der Waals surface area contributed by atoms with Gasteiger partial charge in [-0.2, -0.15) is 0 Å². The summed E-state index contributed by atoms with van der Waals surface area (Å²) >= 11 is 11.9. The fourth-order valence-corrected chi connectivity index (χ4v) is 1.81. The Hall–Kier alpha value is -1.38. The Morgan fingerprint density at radius 1 is 1.00 bits per heavy atom. The number of ether oxygens (including phenoxy) is 1. The average Bonchev–Trinajstić information content (AvgIpc) is 2.27. The van der Waals surface area contributed by atoms with Crippen molar-refractivity contribution in [2.45, 2.75) is 6.92 Å². The van der Waals surface area contributed by atoms with Crippen LogP contribution in [0.2, 0.25) is 10.0 Å². The first-order valence-corrected chi connectivity index (χ1v) is 5.74. The van der Waals surface area contributed by atoms with Gasteiger partial charge in [-0.1, -0.05) is 29.3 Å². The SMILES string of the molecule is Cc1ccc(Oc2cc(Cl)ccc2O)c(Cl)c1. The van der Waals surface area contributed by atoms with Gasteiger partial charge >= 0.3 is 0 Å². The van der Waals surface area contributed by atoms with E-state index in [1.807, 2.05) is 13.0 Å². The zero-order valence-corrected chi connectivity index (χ0v) is 10.6. The van der Waals surface area contributed by atoms with E-state index in [0.29, 0.717) is 15.8 Å². The largest absolute Gasteiger partial charge is 0.504 e. The maximum absolute atomic E-state index is 9.62. The average molecular weight is 269 g/mol. The maximum Gasteiger partial charge on any atom is 0.170 e. The van der Waals surface area contributed by atoms with E-state index in [9.17, 15) is 5.11 Å². The summed E-state index contributed by atoms with van der Waals surface area (Å²) < 4.78 is 5.51. The number of halogens is 2. The smallest absolute Gasteiger partial charge is 0.170 e. The molecule has 2 aromatic carbocycles. The number of phenols is 1. The van der Waals surface area contributed by atoms with Crippen LogP contribution in [0.3, 0.4) is 0 Å². The predicted molar refractivity (Wildman–Crippen MR) is 69.4 cm³/mol. The summed E-state index contributed by atoms with van der Waals surface area (Å²) in [5.41, 5.74) is 1.04. The molecular weight excluding hydrogens is 259 g/mol. The molecule has 2 nitrogen and oxygen atoms in total. The first-order valence-electron chi connectivity index (χ1n) is 4.99. The highest BCUT2D eigenvalue weighted by atomic mass is 35.5. The minimum Gasteiger partial charge on any atom is -0.504 e. The highest BCUT2D eigenvalue weighted by molar-refractivity contribution is 6.32. The molecule has 0 unspecified atom stereocenters. The second kappa shape index (κ2) is 4.86. The first kappa shape index (κ1) is 12.1. The molecule has 2 aromatic rings. The van der Waals surface area contributed by atoms with Crippen LogP contribution in [0.25, 0.3) is 0 Å². The lowest BCUT2D eigenvalue weighted by molar-refractivity contribution is 0.411. The van der Waals surface area contributed by atoms with Crippen molar-refractivity contribution in [2.24, 2.45) is 0 Å². The zero-order chi connectivity index (χ0) is 12.4. The van der Waals surface area contributed by atoms with Gasteiger partial charge in [-0.3, -0.25) is 0 Å². The third-order valence-corrected chi connectivity index (χ3v) is 2.76. The Morgan fingerprint density at radius 2 is 1.76 bits per heavy atom. The Labute approximate surface area is 109 Å². The fraction of sp³-hybridized carbons (Fsp3) is 0.0769. The predicted octanol–water partition coefficient (Wildman–Crippen LogP) is 4.80. The standard InChI is InChI=1S/C13H10Cl2O2/c1-8-2-5-12(10(15)6-8)17-13-7-9(14)3-4-11(13)16/h2-7,16H,1H3. The molecule has 0 aromatic heterocycles. The molecule has 0 atom stereocenters. The molecule has 0 aliphatic rings. The maximum atomic E-state index is 9.62. The summed E-state index contributed by atoms with van der Waals surface area (Å²) in [5.74, 6) is 0.782. The van der Waals surface area contributed by atoms with Crippen molar-refractivity contribution in [2.75, 3.05) is 0 Å². The molecule has 17 heavy (non-hydrogen) atoms. The molecule has 0 radical (unpaired) electrons. The van der Waals surface area contributed by atoms with Crippen LogP contribution in [0.4, 0.5) is 0 Å². The fourth-order valence-electron chi connectivity index (χ4n) is 1.38. The van der Waals surface area contributed by atoms with E-state index >= 15 is 0 Å². The number of benzene rings is 2. The van der Waals surface area contributed by atoms with Crippen LogP contribution in [0.15, 0.2) is 36.4 Å². The minimum absolute atomic E-state index is 0.0195. The second-order valence-corrected chi connectivity index (χ2v) is 4.49. The number of aromatic hydroxyl groups is 1. The van der Waals surface area contributed by atoms with Crippen molar-refractivity contribution >= 4 is 23.2 Å². The van der Waals surface area contributed by atoms with Gasteiger partial charge in [0.15, 0.2) is 11.5 Å². The lowest BCUT2D eigenvalue weighted by atomic mass is 10.2. The van der Waals surface area contributed by atoms with Crippen LogP contribution >= 0.6 is 23.2 Å². The van der Waals surface area contributed by atoms with Crippen LogP contribution in [-0.4, -0.2) is 5.11 Å². The Bertz CT molecular complexity index is 553. The topological polar surface area (TPSA) is 29.5 Å². The van der Waals surface area contributed by atoms with E-state index in [1.54, 1.807) is 18.2 Å². The third kappa shape index (κ3) is 2.84. The summed E-state index contributed by atoms with van der Waals surface area (Å²) in [6.07, 6.45) is 0. The number of hydrogen-bond donors (Lipinski definition) is 1. The number of hydrogen-bond acceptors (Lipinski definition) is 2. The van der Waals surface area contributed by atoms with Gasteiger partial charge in [0.2, 0.25) is 0 Å². The monoisotopic (exact) mass is 268 g/mol. The van der Waals surface area contributed by atoms with Gasteiger partial charge in [0.25, 0.3) is 0 Å². The molecule has 0 bridgehead atoms. The quantitative estimate of drug-likeness (QED) is 0.848. The van der Waals surface area contributed by atoms with E-state index in [4.69, 9.17) is 27.9 Å². The Balaban J connectivity index is 2.34. The second-order valence-electron chi connectivity index (χ2n) is 3.65. The van der Waals surface area contributed by atoms with E-state index in [0.717, 1.165) is 5.56 Å². The highest BCUT2D eigenvalue weighted by Crippen LogP contribution is 2.36. The highest BCUT2D eigenvalue weighted by Gasteiger charge is 2.07. The van der Waals surface area contributed by atoms with Crippen molar-refractivity contribution in [3.8, 4) is 17.2 Å². The summed E-state index contributed by atoms with van der Waals surface area (Å²) in [7, 11) is 0. The van der Waals surface area contributed by atoms with Crippen LogP contribution in [0.1, 0.15) is 5.56 Å². The van der Waals surface area contributed by atoms with Crippen LogP contribution in [-0.2, 0) is 0 Å². The minimum atomic E-state index is 0.0195. The lowest BCUT2D eigenvalue weighted by Gasteiger charge is -2.09. The van der Waals surface area contributed by atoms with Crippen LogP contribution in [0, 0.1) is 6.92 Å². The van der Waals surface area contributed by atoms with Crippen molar-refractivity contribution in [1.82, 2.24) is 0 Å². The van der Waals surface area contributed by atoms with E-state index in [2.05, 4.69) is 0 Å². The molecule has 4 heteroatoms. The molecule has 0 saturated heterocycles. The zero-order valence-electron chi connectivity index (χ0n) is 9.08. The van der Waals surface area contributed by atoms with Gasteiger partial charge < -0.3 is 9.84 Å². The van der Waals surface area contributed by atoms with E-state index < -0.39 is 0 Å². The van der Waals surface area contributed by atoms with Crippen molar-refractivity contribution in [3.05, 3.63) is 52.0 Å². The summed E-state index contributed by atoms with van der Waals surface area (Å²) in [5, 5.41) is 10.6. The summed E-state index contributed by atoms with van der Waals surface area (Å²) in [6.45, 7) is 1.94. The van der Waals surface area contributed by atoms with Gasteiger partial charge in [0.05, 0.1) is 5.02 Å². The van der Waals surface area contributed by atoms with Crippen LogP contribution in [0.5, 0.6) is 17.2 Å². The molecule has 2 rings (SSSR count). The molecule has 0 aliphatic heterocycles. The normalized spacial score (nSPS) is 10.3. The molecule has 0 fully saturated rings. The first-order chi connectivity index (χ1) is 8.06. The van der Waals surface area contributed by atoms with Crippen molar-refractivity contribution < 1.29 is 9.84 Å². The number of rotatable bonds is 2. The number of aryl methyl sites for hydroxylation is 1. The Morgan fingerprint density at radius 3 is 2.47 bits per heavy atom. The molecule has 0 amide bonds. The molecule has 0 heterocycles. The molecule has 1 N–H and O–H groups in total. The molecular formula is C13H10Cl2O2. The summed E-state index contributed by atoms with van der Waals surface area (Å²) in [4.78, 5) is 0. The van der Waals surface area contributed by atoms with Crippen molar-refractivity contribution in [3.63, 3.8) is 0 Å². The van der Waals surface area contributed by atoms with Gasteiger partial charge in [0, 0.05) is 11.1 Å².